The van der Waals surface area contributed by atoms with E-state index in [9.17, 15) is 13.2 Å². The molecule has 1 unspecified atom stereocenters. The third kappa shape index (κ3) is 2.45. The molecule has 3 heterocycles. The van der Waals surface area contributed by atoms with Crippen LogP contribution in [0.5, 0.6) is 0 Å². The number of nitrogens with zero attached hydrogens (tertiary/aromatic N) is 4. The molecular weight excluding hydrogens is 271 g/mol. The Balaban J connectivity index is 1.72. The lowest BCUT2D eigenvalue weighted by Gasteiger charge is -2.17. The van der Waals surface area contributed by atoms with Gasteiger partial charge in [-0.05, 0) is 18.6 Å². The Morgan fingerprint density at radius 1 is 1.25 bits per heavy atom. The third-order valence-electron chi connectivity index (χ3n) is 3.41. The number of anilines is 1. The van der Waals surface area contributed by atoms with E-state index in [0.29, 0.717) is 12.4 Å². The smallest absolute Gasteiger partial charge is 0.356 e. The number of hydrogen-bond acceptors (Lipinski definition) is 4. The third-order valence-corrected chi connectivity index (χ3v) is 3.41. The minimum absolute atomic E-state index is 0.210. The van der Waals surface area contributed by atoms with Crippen LogP contribution in [0.3, 0.4) is 0 Å². The van der Waals surface area contributed by atoms with E-state index in [1.165, 1.54) is 12.4 Å². The quantitative estimate of drug-likeness (QED) is 0.918. The van der Waals surface area contributed by atoms with Crippen molar-refractivity contribution in [3.8, 4) is 0 Å². The van der Waals surface area contributed by atoms with Crippen LogP contribution in [0.25, 0.3) is 0 Å². The molecule has 1 atom stereocenters. The van der Waals surface area contributed by atoms with Crippen LogP contribution in [-0.2, 0) is 6.18 Å². The predicted octanol–water partition coefficient (Wildman–Crippen LogP) is 2.21. The van der Waals surface area contributed by atoms with Crippen molar-refractivity contribution in [3.63, 3.8) is 0 Å². The zero-order valence-electron chi connectivity index (χ0n) is 10.4. The molecule has 8 heteroatoms. The molecule has 1 saturated heterocycles. The Bertz CT molecular complexity index is 564. The number of halogens is 3. The summed E-state index contributed by atoms with van der Waals surface area (Å²) < 4.78 is 37.4. The maximum absolute atomic E-state index is 12.5. The fraction of sp³-hybridized carbons (Fsp3) is 0.417. The van der Waals surface area contributed by atoms with E-state index in [1.54, 1.807) is 0 Å². The maximum Gasteiger partial charge on any atom is 0.417 e. The molecule has 1 aliphatic heterocycles. The summed E-state index contributed by atoms with van der Waals surface area (Å²) in [7, 11) is 0. The molecule has 0 radical (unpaired) electrons. The molecule has 106 valence electrons. The van der Waals surface area contributed by atoms with Gasteiger partial charge in [-0.3, -0.25) is 5.10 Å². The van der Waals surface area contributed by atoms with Crippen molar-refractivity contribution in [2.75, 3.05) is 18.0 Å². The summed E-state index contributed by atoms with van der Waals surface area (Å²) in [4.78, 5) is 9.96. The van der Waals surface area contributed by atoms with E-state index in [2.05, 4.69) is 20.2 Å². The predicted molar refractivity (Wildman–Crippen MR) is 65.2 cm³/mol. The van der Waals surface area contributed by atoms with Crippen LogP contribution in [0.4, 0.5) is 19.0 Å². The van der Waals surface area contributed by atoms with Crippen molar-refractivity contribution < 1.29 is 13.2 Å². The highest BCUT2D eigenvalue weighted by atomic mass is 19.4. The molecule has 3 rings (SSSR count). The van der Waals surface area contributed by atoms with Gasteiger partial charge in [-0.2, -0.15) is 18.3 Å². The minimum Gasteiger partial charge on any atom is -0.356 e. The van der Waals surface area contributed by atoms with Gasteiger partial charge in [0, 0.05) is 25.2 Å². The average molecular weight is 283 g/mol. The second-order valence-corrected chi connectivity index (χ2v) is 4.71. The summed E-state index contributed by atoms with van der Waals surface area (Å²) >= 11 is 0. The van der Waals surface area contributed by atoms with Crippen molar-refractivity contribution in [2.45, 2.75) is 18.5 Å². The summed E-state index contributed by atoms with van der Waals surface area (Å²) in [5.41, 5.74) is -0.729. The summed E-state index contributed by atoms with van der Waals surface area (Å²) in [6.07, 6.45) is -1.15. The molecule has 0 saturated carbocycles. The SMILES string of the molecule is FC(F)(F)c1ccc(N2CCC(c3ncn[nH]3)C2)nc1. The van der Waals surface area contributed by atoms with Crippen LogP contribution < -0.4 is 4.90 Å². The van der Waals surface area contributed by atoms with Crippen LogP contribution in [0, 0.1) is 0 Å². The Hall–Kier alpha value is -2.12. The normalized spacial score (nSPS) is 19.6. The molecule has 20 heavy (non-hydrogen) atoms. The second-order valence-electron chi connectivity index (χ2n) is 4.71. The largest absolute Gasteiger partial charge is 0.417 e. The molecule has 0 aromatic carbocycles. The fourth-order valence-electron chi connectivity index (χ4n) is 2.34. The molecule has 1 N–H and O–H groups in total. The minimum atomic E-state index is -4.35. The number of nitrogens with one attached hydrogen (secondary N) is 1. The molecule has 2 aromatic rings. The highest BCUT2D eigenvalue weighted by Gasteiger charge is 2.31. The molecule has 2 aromatic heterocycles. The molecule has 0 aliphatic carbocycles. The van der Waals surface area contributed by atoms with Crippen molar-refractivity contribution in [3.05, 3.63) is 36.0 Å². The highest BCUT2D eigenvalue weighted by molar-refractivity contribution is 5.41. The van der Waals surface area contributed by atoms with E-state index in [0.717, 1.165) is 31.1 Å². The second kappa shape index (κ2) is 4.77. The summed E-state index contributed by atoms with van der Waals surface area (Å²) in [5.74, 6) is 1.57. The topological polar surface area (TPSA) is 57.7 Å². The van der Waals surface area contributed by atoms with Gasteiger partial charge in [0.15, 0.2) is 0 Å². The lowest BCUT2D eigenvalue weighted by Crippen LogP contribution is -2.21. The summed E-state index contributed by atoms with van der Waals surface area (Å²) in [6.45, 7) is 1.41. The number of hydrogen-bond donors (Lipinski definition) is 1. The van der Waals surface area contributed by atoms with Gasteiger partial charge in [0.05, 0.1) is 5.56 Å². The van der Waals surface area contributed by atoms with Gasteiger partial charge in [-0.25, -0.2) is 9.97 Å². The van der Waals surface area contributed by atoms with Gasteiger partial charge >= 0.3 is 6.18 Å². The van der Waals surface area contributed by atoms with Crippen LogP contribution in [0.15, 0.2) is 24.7 Å². The number of rotatable bonds is 2. The van der Waals surface area contributed by atoms with E-state index < -0.39 is 11.7 Å². The maximum atomic E-state index is 12.5. The molecule has 0 spiro atoms. The zero-order valence-corrected chi connectivity index (χ0v) is 10.4. The Labute approximate surface area is 112 Å². The van der Waals surface area contributed by atoms with Crippen LogP contribution in [-0.4, -0.2) is 33.3 Å². The molecule has 5 nitrogen and oxygen atoms in total. The molecule has 0 bridgehead atoms. The molecule has 1 fully saturated rings. The average Bonchev–Trinajstić information content (AvgIpc) is 3.09. The first-order valence-electron chi connectivity index (χ1n) is 6.17. The standard InChI is InChI=1S/C12H12F3N5/c13-12(14,15)9-1-2-10(16-5-9)20-4-3-8(6-20)11-17-7-18-19-11/h1-2,5,7-8H,3-4,6H2,(H,17,18,19). The number of pyridine rings is 1. The first kappa shape index (κ1) is 12.9. The van der Waals surface area contributed by atoms with Crippen molar-refractivity contribution >= 4 is 5.82 Å². The van der Waals surface area contributed by atoms with Gasteiger partial charge in [0.2, 0.25) is 0 Å². The first-order chi connectivity index (χ1) is 9.54. The lowest BCUT2D eigenvalue weighted by atomic mass is 10.1. The van der Waals surface area contributed by atoms with E-state index >= 15 is 0 Å². The van der Waals surface area contributed by atoms with Gasteiger partial charge in [-0.15, -0.1) is 0 Å². The Morgan fingerprint density at radius 2 is 2.10 bits per heavy atom. The van der Waals surface area contributed by atoms with Crippen LogP contribution >= 0.6 is 0 Å². The lowest BCUT2D eigenvalue weighted by molar-refractivity contribution is -0.137. The van der Waals surface area contributed by atoms with Gasteiger partial charge in [0.25, 0.3) is 0 Å². The highest BCUT2D eigenvalue weighted by Crippen LogP contribution is 2.31. The monoisotopic (exact) mass is 283 g/mol. The van der Waals surface area contributed by atoms with E-state index in [4.69, 9.17) is 0 Å². The van der Waals surface area contributed by atoms with Crippen LogP contribution in [0.1, 0.15) is 23.7 Å². The van der Waals surface area contributed by atoms with Crippen molar-refractivity contribution in [1.82, 2.24) is 20.2 Å². The Kier molecular flexibility index (Phi) is 3.07. The number of aromatic amines is 1. The summed E-state index contributed by atoms with van der Waals surface area (Å²) in [6, 6.07) is 2.47. The van der Waals surface area contributed by atoms with Gasteiger partial charge in [-0.1, -0.05) is 0 Å². The number of aromatic nitrogens is 4. The first-order valence-corrected chi connectivity index (χ1v) is 6.17. The van der Waals surface area contributed by atoms with E-state index in [-0.39, 0.29) is 5.92 Å². The molecule has 1 aliphatic rings. The number of alkyl halides is 3. The Morgan fingerprint density at radius 3 is 2.70 bits per heavy atom. The summed E-state index contributed by atoms with van der Waals surface area (Å²) in [5, 5.41) is 6.63. The van der Waals surface area contributed by atoms with Crippen molar-refractivity contribution in [1.29, 1.82) is 0 Å². The molecular formula is C12H12F3N5. The van der Waals surface area contributed by atoms with Crippen LogP contribution in [0.2, 0.25) is 0 Å². The fourth-order valence-corrected chi connectivity index (χ4v) is 2.34. The van der Waals surface area contributed by atoms with E-state index in [1.807, 2.05) is 4.90 Å². The zero-order chi connectivity index (χ0) is 14.2. The molecule has 0 amide bonds. The van der Waals surface area contributed by atoms with Gasteiger partial charge < -0.3 is 4.90 Å². The number of H-pyrrole nitrogens is 1. The van der Waals surface area contributed by atoms with Gasteiger partial charge in [0.1, 0.15) is 18.0 Å². The van der Waals surface area contributed by atoms with Crippen molar-refractivity contribution in [2.24, 2.45) is 0 Å².